The molecule has 5 fully saturated rings. The lowest BCUT2D eigenvalue weighted by molar-refractivity contribution is -0.233. The van der Waals surface area contributed by atoms with Gasteiger partial charge < -0.3 is 45.2 Å². The molecule has 0 spiro atoms. The van der Waals surface area contributed by atoms with E-state index in [4.69, 9.17) is 9.47 Å². The lowest BCUT2D eigenvalue weighted by Gasteiger charge is -2.62. The van der Waals surface area contributed by atoms with E-state index in [0.29, 0.717) is 30.1 Å². The highest BCUT2D eigenvalue weighted by Gasteiger charge is 2.67. The minimum absolute atomic E-state index is 0.0363. The summed E-state index contributed by atoms with van der Waals surface area (Å²) in [6.07, 6.45) is -0.0107. The summed E-state index contributed by atoms with van der Waals surface area (Å²) in [5, 5.41) is 72.4. The average molecular weight is 609 g/mol. The number of aliphatic hydroxyl groups excluding tert-OH is 6. The third kappa shape index (κ3) is 4.98. The fourth-order valence-corrected chi connectivity index (χ4v) is 11.1. The van der Waals surface area contributed by atoms with Gasteiger partial charge in [0.05, 0.1) is 36.6 Å². The number of aliphatic carboxylic acids is 1. The van der Waals surface area contributed by atoms with Gasteiger partial charge >= 0.3 is 5.97 Å². The predicted molar refractivity (Wildman–Crippen MR) is 154 cm³/mol. The summed E-state index contributed by atoms with van der Waals surface area (Å²) in [6.45, 7) is 6.17. The van der Waals surface area contributed by atoms with E-state index in [0.717, 1.165) is 56.3 Å². The van der Waals surface area contributed by atoms with Gasteiger partial charge in [0.2, 0.25) is 0 Å². The number of ether oxygens (including phenoxy) is 2. The van der Waals surface area contributed by atoms with Crippen LogP contribution in [-0.4, -0.2) is 97.2 Å². The number of carboxylic acids is 1. The smallest absolute Gasteiger partial charge is 0.306 e. The van der Waals surface area contributed by atoms with Crippen molar-refractivity contribution in [3.05, 3.63) is 11.3 Å². The molecule has 16 atom stereocenters. The number of hydrogen-bond donors (Lipinski definition) is 7. The molecule has 0 aromatic carbocycles. The van der Waals surface area contributed by atoms with E-state index >= 15 is 0 Å². The van der Waals surface area contributed by atoms with Gasteiger partial charge in [-0.3, -0.25) is 4.79 Å². The quantitative estimate of drug-likeness (QED) is 0.226. The van der Waals surface area contributed by atoms with Gasteiger partial charge in [0.1, 0.15) is 30.5 Å². The number of carbonyl (C=O) groups is 1. The number of carboxylic acid groups (broad SMARTS) is 1. The van der Waals surface area contributed by atoms with Crippen LogP contribution >= 0.6 is 0 Å². The molecule has 43 heavy (non-hydrogen) atoms. The molecule has 0 aromatic rings. The molecule has 0 aromatic heterocycles. The van der Waals surface area contributed by atoms with Crippen molar-refractivity contribution in [3.8, 4) is 0 Å². The topological polar surface area (TPSA) is 177 Å². The van der Waals surface area contributed by atoms with Crippen LogP contribution in [-0.2, 0) is 14.3 Å². The van der Waals surface area contributed by atoms with E-state index in [-0.39, 0.29) is 41.8 Å². The summed E-state index contributed by atoms with van der Waals surface area (Å²) in [5.74, 6) is 0.795. The van der Waals surface area contributed by atoms with Crippen molar-refractivity contribution < 1.29 is 50.0 Å². The fraction of sp³-hybridized carbons (Fsp3) is 0.909. The van der Waals surface area contributed by atoms with Crippen LogP contribution < -0.4 is 0 Å². The summed E-state index contributed by atoms with van der Waals surface area (Å²) < 4.78 is 12.2. The first-order chi connectivity index (χ1) is 20.3. The van der Waals surface area contributed by atoms with Gasteiger partial charge in [0.25, 0.3) is 0 Å². The van der Waals surface area contributed by atoms with E-state index in [1.54, 1.807) is 0 Å². The minimum Gasteiger partial charge on any atom is -0.494 e. The third-order valence-electron chi connectivity index (χ3n) is 13.5. The Morgan fingerprint density at radius 2 is 1.67 bits per heavy atom. The van der Waals surface area contributed by atoms with Crippen molar-refractivity contribution in [1.29, 1.82) is 0 Å². The fourth-order valence-electron chi connectivity index (χ4n) is 11.1. The maximum Gasteiger partial charge on any atom is 0.306 e. The molecular weight excluding hydrogens is 556 g/mol. The largest absolute Gasteiger partial charge is 0.494 e. The van der Waals surface area contributed by atoms with E-state index in [2.05, 4.69) is 20.8 Å². The molecule has 244 valence electrons. The summed E-state index contributed by atoms with van der Waals surface area (Å²) in [5.41, 5.74) is 0.953. The second kappa shape index (κ2) is 11.5. The molecule has 6 aliphatic rings. The van der Waals surface area contributed by atoms with Crippen LogP contribution in [0.25, 0.3) is 0 Å². The second-order valence-electron chi connectivity index (χ2n) is 15.4. The Morgan fingerprint density at radius 1 is 0.953 bits per heavy atom. The predicted octanol–water partition coefficient (Wildman–Crippen LogP) is 1.97. The highest BCUT2D eigenvalue weighted by molar-refractivity contribution is 5.70. The first kappa shape index (κ1) is 31.7. The molecule has 4 saturated carbocycles. The lowest BCUT2D eigenvalue weighted by Crippen LogP contribution is -2.58. The Kier molecular flexibility index (Phi) is 8.49. The molecule has 7 N–H and O–H groups in total. The van der Waals surface area contributed by atoms with E-state index in [9.17, 15) is 40.5 Å². The number of rotatable bonds is 7. The minimum atomic E-state index is -1.54. The summed E-state index contributed by atoms with van der Waals surface area (Å²) in [6, 6.07) is 0. The molecule has 4 aliphatic carbocycles. The number of hydrogen-bond acceptors (Lipinski definition) is 9. The molecule has 0 amide bonds. The summed E-state index contributed by atoms with van der Waals surface area (Å²) in [4.78, 5) is 12.2. The van der Waals surface area contributed by atoms with Crippen LogP contribution in [0, 0.1) is 46.3 Å². The van der Waals surface area contributed by atoms with Gasteiger partial charge in [-0.25, -0.2) is 0 Å². The van der Waals surface area contributed by atoms with Gasteiger partial charge in [0, 0.05) is 17.8 Å². The van der Waals surface area contributed by atoms with E-state index < -0.39 is 55.1 Å². The standard InChI is InChI=1S/C33H52O10/c1-15-22(7-4-16(31(40)41)10-24-28(37)30(39)29(38)25(14-34)43-24)42-23-12-21-19-6-5-17-11-18(35)8-9-32(17,2)20(19)13-26(36)33(21,3)27(15)23/h16-21,23-30,34-39H,4-14H2,1-3H3,(H,40,41)/t16-,17-,18+,19-,20+,21+,23+,24+,25-,26+,27+,28+,29-,30-,32+,33-/m1/s1. The molecule has 2 aliphatic heterocycles. The molecule has 1 saturated heterocycles. The Labute approximate surface area is 254 Å². The van der Waals surface area contributed by atoms with Crippen molar-refractivity contribution >= 4 is 5.97 Å². The lowest BCUT2D eigenvalue weighted by atomic mass is 9.44. The van der Waals surface area contributed by atoms with Crippen molar-refractivity contribution in [1.82, 2.24) is 0 Å². The normalized spacial score (nSPS) is 51.6. The van der Waals surface area contributed by atoms with Gasteiger partial charge in [-0.1, -0.05) is 13.8 Å². The van der Waals surface area contributed by atoms with Crippen LogP contribution in [0.3, 0.4) is 0 Å². The van der Waals surface area contributed by atoms with Gasteiger partial charge in [-0.05, 0) is 99.4 Å². The monoisotopic (exact) mass is 608 g/mol. The molecule has 2 heterocycles. The van der Waals surface area contributed by atoms with Crippen LogP contribution in [0.5, 0.6) is 0 Å². The zero-order valence-electron chi connectivity index (χ0n) is 25.7. The van der Waals surface area contributed by atoms with Crippen molar-refractivity contribution in [3.63, 3.8) is 0 Å². The molecular formula is C33H52O10. The first-order valence-corrected chi connectivity index (χ1v) is 16.6. The number of aliphatic hydroxyl groups is 6. The Balaban J connectivity index is 1.15. The van der Waals surface area contributed by atoms with Gasteiger partial charge in [-0.15, -0.1) is 0 Å². The highest BCUT2D eigenvalue weighted by atomic mass is 16.5. The number of fused-ring (bicyclic) bond motifs is 7. The summed E-state index contributed by atoms with van der Waals surface area (Å²) in [7, 11) is 0. The Hall–Kier alpha value is -1.27. The van der Waals surface area contributed by atoms with Crippen LogP contribution in [0.1, 0.15) is 85.0 Å². The first-order valence-electron chi connectivity index (χ1n) is 16.6. The van der Waals surface area contributed by atoms with Crippen LogP contribution in [0.15, 0.2) is 11.3 Å². The second-order valence-corrected chi connectivity index (χ2v) is 15.4. The van der Waals surface area contributed by atoms with Crippen LogP contribution in [0.4, 0.5) is 0 Å². The summed E-state index contributed by atoms with van der Waals surface area (Å²) >= 11 is 0. The zero-order valence-corrected chi connectivity index (χ0v) is 25.7. The molecule has 0 unspecified atom stereocenters. The molecule has 10 heteroatoms. The van der Waals surface area contributed by atoms with Crippen molar-refractivity contribution in [2.24, 2.45) is 46.3 Å². The van der Waals surface area contributed by atoms with Crippen LogP contribution in [0.2, 0.25) is 0 Å². The van der Waals surface area contributed by atoms with Crippen molar-refractivity contribution in [2.45, 2.75) is 134 Å². The third-order valence-corrected chi connectivity index (χ3v) is 13.5. The SMILES string of the molecule is CC1=C(CC[C@H](C[C@@H]2O[C@H](CO)[C@@H](O)[C@H](O)[C@H]2O)C(=O)O)O[C@H]2C[C@H]3[C@@H]4CC[C@@H]5C[C@@H](O)CC[C@]5(C)[C@H]4C[C@H](O)[C@]3(C)[C@@H]12. The average Bonchev–Trinajstić information content (AvgIpc) is 3.45. The van der Waals surface area contributed by atoms with Gasteiger partial charge in [-0.2, -0.15) is 0 Å². The molecule has 0 radical (unpaired) electrons. The molecule has 10 nitrogen and oxygen atoms in total. The molecule has 6 rings (SSSR count). The van der Waals surface area contributed by atoms with E-state index in [1.807, 2.05) is 0 Å². The molecule has 0 bridgehead atoms. The maximum absolute atomic E-state index is 12.2. The highest BCUT2D eigenvalue weighted by Crippen LogP contribution is 2.69. The van der Waals surface area contributed by atoms with Crippen molar-refractivity contribution in [2.75, 3.05) is 6.61 Å². The Morgan fingerprint density at radius 3 is 2.37 bits per heavy atom. The zero-order chi connectivity index (χ0) is 31.0. The maximum atomic E-state index is 12.2. The number of allylic oxidation sites excluding steroid dienone is 1. The van der Waals surface area contributed by atoms with E-state index in [1.165, 1.54) is 0 Å². The van der Waals surface area contributed by atoms with Gasteiger partial charge in [0.15, 0.2) is 0 Å². The Bertz CT molecular complexity index is 1090.